The van der Waals surface area contributed by atoms with E-state index in [0.29, 0.717) is 51.1 Å². The van der Waals surface area contributed by atoms with Crippen LogP contribution in [0.4, 0.5) is 5.82 Å². The highest BCUT2D eigenvalue weighted by Crippen LogP contribution is 2.30. The van der Waals surface area contributed by atoms with Gasteiger partial charge in [-0.3, -0.25) is 9.69 Å². The Kier molecular flexibility index (Phi) is 7.41. The predicted octanol–water partition coefficient (Wildman–Crippen LogP) is 4.35. The monoisotopic (exact) mass is 529 g/mol. The van der Waals surface area contributed by atoms with Gasteiger partial charge in [0.2, 0.25) is 5.89 Å². The number of piperidine rings is 1. The maximum atomic E-state index is 12.9. The molecule has 0 spiro atoms. The number of halogens is 2. The molecule has 4 heterocycles. The Morgan fingerprint density at radius 3 is 2.47 bits per heavy atom. The van der Waals surface area contributed by atoms with Gasteiger partial charge in [-0.15, -0.1) is 10.2 Å². The second-order valence-electron chi connectivity index (χ2n) is 9.27. The third-order valence-corrected chi connectivity index (χ3v) is 7.57. The van der Waals surface area contributed by atoms with Gasteiger partial charge in [0.1, 0.15) is 5.69 Å². The number of nitrogens with zero attached hydrogens (tertiary/aromatic N) is 7. The minimum atomic E-state index is 0.0781. The zero-order valence-electron chi connectivity index (χ0n) is 20.4. The van der Waals surface area contributed by atoms with Crippen LogP contribution >= 0.6 is 23.2 Å². The third-order valence-electron chi connectivity index (χ3n) is 7.07. The van der Waals surface area contributed by atoms with E-state index in [1.165, 1.54) is 0 Å². The first kappa shape index (κ1) is 24.9. The second kappa shape index (κ2) is 10.7. The molecular formula is C25H29Cl2N7O2. The van der Waals surface area contributed by atoms with E-state index in [1.807, 2.05) is 4.90 Å². The average molecular weight is 530 g/mol. The zero-order valence-corrected chi connectivity index (χ0v) is 21.9. The highest BCUT2D eigenvalue weighted by Gasteiger charge is 2.35. The van der Waals surface area contributed by atoms with Crippen LogP contribution in [0.2, 0.25) is 10.2 Å². The van der Waals surface area contributed by atoms with Crippen LogP contribution in [-0.4, -0.2) is 80.7 Å². The molecule has 0 bridgehead atoms. The number of anilines is 1. The van der Waals surface area contributed by atoms with Crippen LogP contribution < -0.4 is 4.90 Å². The molecule has 0 unspecified atom stereocenters. The standard InChI is InChI=1S/C25H29Cl2N7O2/c1-3-19-15-33(23-22(27)29-21(14-28-23)24-31-30-16(2)36-24)12-13-34(19)20-8-10-32(11-9-20)25(35)17-4-6-18(26)7-5-17/h4-7,14,19-20H,3,8-13,15H2,1-2H3/t19-/m0/s1. The van der Waals surface area contributed by atoms with Crippen molar-refractivity contribution in [3.8, 4) is 11.6 Å². The fourth-order valence-corrected chi connectivity index (χ4v) is 5.54. The Bertz CT molecular complexity index is 1210. The van der Waals surface area contributed by atoms with Gasteiger partial charge in [0, 0.05) is 62.3 Å². The van der Waals surface area contributed by atoms with E-state index in [2.05, 4.69) is 36.9 Å². The molecule has 1 aromatic carbocycles. The Morgan fingerprint density at radius 1 is 1.08 bits per heavy atom. The summed E-state index contributed by atoms with van der Waals surface area (Å²) < 4.78 is 5.44. The predicted molar refractivity (Wildman–Crippen MR) is 138 cm³/mol. The minimum absolute atomic E-state index is 0.0781. The number of aryl methyl sites for hydroxylation is 1. The van der Waals surface area contributed by atoms with Crippen molar-refractivity contribution >= 4 is 34.9 Å². The van der Waals surface area contributed by atoms with Crippen LogP contribution in [0.25, 0.3) is 11.6 Å². The second-order valence-corrected chi connectivity index (χ2v) is 10.1. The molecule has 0 radical (unpaired) electrons. The molecule has 2 saturated heterocycles. The van der Waals surface area contributed by atoms with Gasteiger partial charge in [0.25, 0.3) is 11.8 Å². The van der Waals surface area contributed by atoms with Crippen LogP contribution in [0.15, 0.2) is 34.9 Å². The largest absolute Gasteiger partial charge is 0.420 e. The molecule has 11 heteroatoms. The van der Waals surface area contributed by atoms with Crippen molar-refractivity contribution in [2.45, 2.75) is 45.2 Å². The summed E-state index contributed by atoms with van der Waals surface area (Å²) in [6.07, 6.45) is 4.59. The van der Waals surface area contributed by atoms with E-state index in [0.717, 1.165) is 52.0 Å². The molecule has 0 aliphatic carbocycles. The first-order valence-electron chi connectivity index (χ1n) is 12.3. The molecule has 1 atom stereocenters. The maximum absolute atomic E-state index is 12.9. The number of piperazine rings is 1. The van der Waals surface area contributed by atoms with Crippen molar-refractivity contribution in [2.75, 3.05) is 37.6 Å². The highest BCUT2D eigenvalue weighted by molar-refractivity contribution is 6.31. The summed E-state index contributed by atoms with van der Waals surface area (Å²) in [5.41, 5.74) is 1.16. The molecule has 2 fully saturated rings. The number of aromatic nitrogens is 4. The molecule has 5 rings (SSSR count). The van der Waals surface area contributed by atoms with Gasteiger partial charge in [-0.25, -0.2) is 9.97 Å². The Hall–Kier alpha value is -2.75. The van der Waals surface area contributed by atoms with Crippen molar-refractivity contribution in [1.29, 1.82) is 0 Å². The number of carbonyl (C=O) groups excluding carboxylic acids is 1. The summed E-state index contributed by atoms with van der Waals surface area (Å²) in [7, 11) is 0. The fourth-order valence-electron chi connectivity index (χ4n) is 5.16. The molecule has 3 aromatic rings. The molecule has 2 aliphatic rings. The average Bonchev–Trinajstić information content (AvgIpc) is 3.34. The molecule has 36 heavy (non-hydrogen) atoms. The number of benzene rings is 1. The Balaban J connectivity index is 1.20. The minimum Gasteiger partial charge on any atom is -0.420 e. The van der Waals surface area contributed by atoms with Crippen LogP contribution in [0, 0.1) is 6.92 Å². The SMILES string of the molecule is CC[C@H]1CN(c2ncc(-c3nnc(C)o3)nc2Cl)CCN1C1CCN(C(=O)c2ccc(Cl)cc2)CC1. The number of hydrogen-bond acceptors (Lipinski definition) is 8. The molecule has 0 saturated carbocycles. The van der Waals surface area contributed by atoms with Crippen molar-refractivity contribution in [2.24, 2.45) is 0 Å². The first-order chi connectivity index (χ1) is 17.4. The smallest absolute Gasteiger partial charge is 0.267 e. The Labute approximate surface area is 220 Å². The highest BCUT2D eigenvalue weighted by atomic mass is 35.5. The van der Waals surface area contributed by atoms with Gasteiger partial charge in [-0.05, 0) is 43.5 Å². The lowest BCUT2D eigenvalue weighted by atomic mass is 9.97. The number of hydrogen-bond donors (Lipinski definition) is 0. The van der Waals surface area contributed by atoms with E-state index in [-0.39, 0.29) is 5.91 Å². The lowest BCUT2D eigenvalue weighted by Crippen LogP contribution is -2.58. The molecule has 1 amide bonds. The quantitative estimate of drug-likeness (QED) is 0.481. The third kappa shape index (κ3) is 5.19. The van der Waals surface area contributed by atoms with E-state index < -0.39 is 0 Å². The summed E-state index contributed by atoms with van der Waals surface area (Å²) in [6.45, 7) is 8.02. The maximum Gasteiger partial charge on any atom is 0.267 e. The van der Waals surface area contributed by atoms with Crippen LogP contribution in [0.5, 0.6) is 0 Å². The fraction of sp³-hybridized carbons (Fsp3) is 0.480. The van der Waals surface area contributed by atoms with Crippen molar-refractivity contribution in [3.05, 3.63) is 52.1 Å². The molecule has 190 valence electrons. The first-order valence-corrected chi connectivity index (χ1v) is 13.1. The van der Waals surface area contributed by atoms with Gasteiger partial charge in [0.15, 0.2) is 11.0 Å². The van der Waals surface area contributed by atoms with Crippen LogP contribution in [-0.2, 0) is 0 Å². The molecule has 9 nitrogen and oxygen atoms in total. The van der Waals surface area contributed by atoms with Gasteiger partial charge >= 0.3 is 0 Å². The number of amides is 1. The van der Waals surface area contributed by atoms with E-state index in [4.69, 9.17) is 27.6 Å². The number of likely N-dealkylation sites (tertiary alicyclic amines) is 1. The topological polar surface area (TPSA) is 91.5 Å². The lowest BCUT2D eigenvalue weighted by molar-refractivity contribution is 0.0491. The number of carbonyl (C=O) groups is 1. The zero-order chi connectivity index (χ0) is 25.2. The lowest BCUT2D eigenvalue weighted by Gasteiger charge is -2.47. The van der Waals surface area contributed by atoms with E-state index in [9.17, 15) is 4.79 Å². The van der Waals surface area contributed by atoms with Crippen LogP contribution in [0.3, 0.4) is 0 Å². The molecule has 2 aromatic heterocycles. The van der Waals surface area contributed by atoms with Gasteiger partial charge < -0.3 is 14.2 Å². The van der Waals surface area contributed by atoms with Crippen molar-refractivity contribution in [3.63, 3.8) is 0 Å². The van der Waals surface area contributed by atoms with E-state index >= 15 is 0 Å². The summed E-state index contributed by atoms with van der Waals surface area (Å²) in [5.74, 6) is 1.53. The van der Waals surface area contributed by atoms with Crippen molar-refractivity contribution < 1.29 is 9.21 Å². The summed E-state index contributed by atoms with van der Waals surface area (Å²) in [4.78, 5) is 28.7. The summed E-state index contributed by atoms with van der Waals surface area (Å²) >= 11 is 12.5. The normalized spacial score (nSPS) is 19.6. The molecular weight excluding hydrogens is 501 g/mol. The summed E-state index contributed by atoms with van der Waals surface area (Å²) in [6, 6.07) is 7.96. The molecule has 2 aliphatic heterocycles. The van der Waals surface area contributed by atoms with Crippen molar-refractivity contribution in [1.82, 2.24) is 30.0 Å². The van der Waals surface area contributed by atoms with E-state index in [1.54, 1.807) is 37.4 Å². The van der Waals surface area contributed by atoms with Gasteiger partial charge in [0.05, 0.1) is 6.20 Å². The van der Waals surface area contributed by atoms with Gasteiger partial charge in [-0.1, -0.05) is 30.1 Å². The Morgan fingerprint density at radius 2 is 1.83 bits per heavy atom. The number of rotatable bonds is 5. The molecule has 0 N–H and O–H groups in total. The van der Waals surface area contributed by atoms with Gasteiger partial charge in [-0.2, -0.15) is 0 Å². The summed E-state index contributed by atoms with van der Waals surface area (Å²) in [5, 5.41) is 8.81. The van der Waals surface area contributed by atoms with Crippen LogP contribution in [0.1, 0.15) is 42.4 Å².